The summed E-state index contributed by atoms with van der Waals surface area (Å²) in [6, 6.07) is 0.880. The number of nitrogens with zero attached hydrogens (tertiary/aromatic N) is 1. The Kier molecular flexibility index (Phi) is 1.66. The molecule has 2 aliphatic heterocycles. The molecule has 58 valence electrons. The summed E-state index contributed by atoms with van der Waals surface area (Å²) in [7, 11) is 0. The van der Waals surface area contributed by atoms with E-state index in [4.69, 9.17) is 0 Å². The highest BCUT2D eigenvalue weighted by molar-refractivity contribution is 4.88. The normalized spacial score (nSPS) is 36.3. The first-order valence-corrected chi connectivity index (χ1v) is 4.31. The maximum Gasteiger partial charge on any atom is 0.0345 e. The summed E-state index contributed by atoms with van der Waals surface area (Å²) in [6.45, 7) is 7.49. The molecule has 2 aliphatic rings. The van der Waals surface area contributed by atoms with Crippen molar-refractivity contribution in [3.8, 4) is 0 Å². The van der Waals surface area contributed by atoms with Crippen molar-refractivity contribution in [3.63, 3.8) is 0 Å². The lowest BCUT2D eigenvalue weighted by Gasteiger charge is -2.35. The van der Waals surface area contributed by atoms with Gasteiger partial charge in [0, 0.05) is 25.7 Å². The van der Waals surface area contributed by atoms with Gasteiger partial charge in [-0.25, -0.2) is 0 Å². The van der Waals surface area contributed by atoms with Gasteiger partial charge in [0.1, 0.15) is 0 Å². The predicted molar refractivity (Wildman–Crippen MR) is 42.0 cm³/mol. The number of likely N-dealkylation sites (tertiary alicyclic amines) is 1. The Bertz CT molecular complexity index is 120. The van der Waals surface area contributed by atoms with Crippen LogP contribution >= 0.6 is 0 Å². The highest BCUT2D eigenvalue weighted by atomic mass is 15.2. The molecular formula is C8H16N2. The van der Waals surface area contributed by atoms with Crippen molar-refractivity contribution in [2.75, 3.05) is 26.2 Å². The molecule has 0 spiro atoms. The first-order valence-electron chi connectivity index (χ1n) is 4.31. The summed E-state index contributed by atoms with van der Waals surface area (Å²) >= 11 is 0. The van der Waals surface area contributed by atoms with Gasteiger partial charge in [-0.3, -0.25) is 4.90 Å². The largest absolute Gasteiger partial charge is 0.314 e. The lowest BCUT2D eigenvalue weighted by molar-refractivity contribution is 0.175. The van der Waals surface area contributed by atoms with Crippen LogP contribution in [0.25, 0.3) is 0 Å². The predicted octanol–water partition coefficient (Wildman–Crippen LogP) is 0.300. The molecule has 1 atom stereocenters. The van der Waals surface area contributed by atoms with Crippen LogP contribution < -0.4 is 5.32 Å². The molecule has 0 amide bonds. The lowest BCUT2D eigenvalue weighted by Crippen LogP contribution is -2.56. The Hall–Kier alpha value is -0.0800. The third-order valence-corrected chi connectivity index (χ3v) is 2.73. The maximum absolute atomic E-state index is 3.31. The Morgan fingerprint density at radius 2 is 2.20 bits per heavy atom. The standard InChI is InChI=1S/C8H16N2/c1-7-2-3-10(6-7)8-4-9-5-8/h7-9H,2-6H2,1H3. The quantitative estimate of drug-likeness (QED) is 0.563. The number of nitrogens with one attached hydrogen (secondary N) is 1. The Morgan fingerprint density at radius 3 is 2.60 bits per heavy atom. The molecule has 0 bridgehead atoms. The lowest BCUT2D eigenvalue weighted by atomic mass is 10.1. The summed E-state index contributed by atoms with van der Waals surface area (Å²) in [6.07, 6.45) is 1.41. The highest BCUT2D eigenvalue weighted by Gasteiger charge is 2.29. The summed E-state index contributed by atoms with van der Waals surface area (Å²) < 4.78 is 0. The van der Waals surface area contributed by atoms with Crippen molar-refractivity contribution in [2.45, 2.75) is 19.4 Å². The van der Waals surface area contributed by atoms with Crippen molar-refractivity contribution in [1.29, 1.82) is 0 Å². The summed E-state index contributed by atoms with van der Waals surface area (Å²) in [5, 5.41) is 3.31. The molecule has 2 rings (SSSR count). The minimum Gasteiger partial charge on any atom is -0.314 e. The molecule has 0 aliphatic carbocycles. The molecule has 10 heavy (non-hydrogen) atoms. The van der Waals surface area contributed by atoms with E-state index in [1.165, 1.54) is 32.6 Å². The van der Waals surface area contributed by atoms with Crippen molar-refractivity contribution in [3.05, 3.63) is 0 Å². The first kappa shape index (κ1) is 6.62. The van der Waals surface area contributed by atoms with Crippen LogP contribution in [0.5, 0.6) is 0 Å². The molecule has 1 N–H and O–H groups in total. The SMILES string of the molecule is CC1CCN(C2CNC2)C1. The zero-order chi connectivity index (χ0) is 6.97. The van der Waals surface area contributed by atoms with Gasteiger partial charge in [-0.2, -0.15) is 0 Å². The molecule has 0 radical (unpaired) electrons. The second-order valence-corrected chi connectivity index (χ2v) is 3.70. The van der Waals surface area contributed by atoms with E-state index in [1.54, 1.807) is 0 Å². The van der Waals surface area contributed by atoms with Crippen molar-refractivity contribution < 1.29 is 0 Å². The highest BCUT2D eigenvalue weighted by Crippen LogP contribution is 2.18. The molecule has 2 heteroatoms. The van der Waals surface area contributed by atoms with Gasteiger partial charge in [0.15, 0.2) is 0 Å². The summed E-state index contributed by atoms with van der Waals surface area (Å²) in [5.74, 6) is 0.945. The van der Waals surface area contributed by atoms with Gasteiger partial charge >= 0.3 is 0 Å². The van der Waals surface area contributed by atoms with E-state index in [1.807, 2.05) is 0 Å². The van der Waals surface area contributed by atoms with E-state index < -0.39 is 0 Å². The molecule has 0 saturated carbocycles. The van der Waals surface area contributed by atoms with E-state index in [0.29, 0.717) is 0 Å². The van der Waals surface area contributed by atoms with Crippen molar-refractivity contribution in [1.82, 2.24) is 10.2 Å². The zero-order valence-corrected chi connectivity index (χ0v) is 6.64. The van der Waals surface area contributed by atoms with Crippen molar-refractivity contribution >= 4 is 0 Å². The molecule has 2 heterocycles. The first-order chi connectivity index (χ1) is 4.86. The molecule has 0 aromatic heterocycles. The van der Waals surface area contributed by atoms with Crippen LogP contribution in [-0.2, 0) is 0 Å². The van der Waals surface area contributed by atoms with Crippen LogP contribution in [0.15, 0.2) is 0 Å². The average Bonchev–Trinajstić information content (AvgIpc) is 2.10. The number of rotatable bonds is 1. The van der Waals surface area contributed by atoms with E-state index in [9.17, 15) is 0 Å². The van der Waals surface area contributed by atoms with Crippen LogP contribution in [0.2, 0.25) is 0 Å². The van der Waals surface area contributed by atoms with Crippen LogP contribution in [0.1, 0.15) is 13.3 Å². The maximum atomic E-state index is 3.31. The Balaban J connectivity index is 1.82. The van der Waals surface area contributed by atoms with Gasteiger partial charge in [0.05, 0.1) is 0 Å². The Labute approximate surface area is 62.6 Å². The number of hydrogen-bond donors (Lipinski definition) is 1. The fourth-order valence-corrected chi connectivity index (χ4v) is 1.83. The van der Waals surface area contributed by atoms with Gasteiger partial charge in [0.25, 0.3) is 0 Å². The van der Waals surface area contributed by atoms with E-state index >= 15 is 0 Å². The fourth-order valence-electron chi connectivity index (χ4n) is 1.83. The third kappa shape index (κ3) is 1.06. The molecule has 2 saturated heterocycles. The average molecular weight is 140 g/mol. The van der Waals surface area contributed by atoms with E-state index in [0.717, 1.165) is 12.0 Å². The van der Waals surface area contributed by atoms with Crippen LogP contribution in [0.3, 0.4) is 0 Å². The topological polar surface area (TPSA) is 15.3 Å². The van der Waals surface area contributed by atoms with Gasteiger partial charge in [0.2, 0.25) is 0 Å². The van der Waals surface area contributed by atoms with E-state index in [-0.39, 0.29) is 0 Å². The zero-order valence-electron chi connectivity index (χ0n) is 6.64. The Morgan fingerprint density at radius 1 is 1.40 bits per heavy atom. The second-order valence-electron chi connectivity index (χ2n) is 3.70. The summed E-state index contributed by atoms with van der Waals surface area (Å²) in [4.78, 5) is 2.63. The monoisotopic (exact) mass is 140 g/mol. The van der Waals surface area contributed by atoms with Gasteiger partial charge in [-0.15, -0.1) is 0 Å². The molecular weight excluding hydrogens is 124 g/mol. The molecule has 2 nitrogen and oxygen atoms in total. The smallest absolute Gasteiger partial charge is 0.0345 e. The number of hydrogen-bond acceptors (Lipinski definition) is 2. The molecule has 0 aromatic carbocycles. The minimum absolute atomic E-state index is 0.880. The van der Waals surface area contributed by atoms with Crippen LogP contribution in [0.4, 0.5) is 0 Å². The molecule has 0 aromatic rings. The third-order valence-electron chi connectivity index (χ3n) is 2.73. The summed E-state index contributed by atoms with van der Waals surface area (Å²) in [5.41, 5.74) is 0. The van der Waals surface area contributed by atoms with E-state index in [2.05, 4.69) is 17.1 Å². The fraction of sp³-hybridized carbons (Fsp3) is 1.00. The molecule has 1 unspecified atom stereocenters. The van der Waals surface area contributed by atoms with Gasteiger partial charge in [-0.1, -0.05) is 6.92 Å². The molecule has 2 fully saturated rings. The minimum atomic E-state index is 0.880. The van der Waals surface area contributed by atoms with Crippen LogP contribution in [0, 0.1) is 5.92 Å². The second kappa shape index (κ2) is 2.51. The van der Waals surface area contributed by atoms with Crippen LogP contribution in [-0.4, -0.2) is 37.1 Å². The van der Waals surface area contributed by atoms with Gasteiger partial charge < -0.3 is 5.32 Å². The van der Waals surface area contributed by atoms with Crippen molar-refractivity contribution in [2.24, 2.45) is 5.92 Å². The van der Waals surface area contributed by atoms with Gasteiger partial charge in [-0.05, 0) is 18.9 Å².